The van der Waals surface area contributed by atoms with Crippen molar-refractivity contribution in [3.8, 4) is 0 Å². The largest absolute Gasteiger partial charge is 0.382 e. The lowest BCUT2D eigenvalue weighted by Crippen LogP contribution is -2.33. The normalized spacial score (nSPS) is 16.0. The van der Waals surface area contributed by atoms with Gasteiger partial charge in [0.25, 0.3) is 5.91 Å². The van der Waals surface area contributed by atoms with Crippen molar-refractivity contribution in [3.63, 3.8) is 0 Å². The van der Waals surface area contributed by atoms with Crippen LogP contribution in [0.5, 0.6) is 0 Å². The number of carbonyl (C=O) groups excluding carboxylic acids is 1. The number of nitrogen functional groups attached to an aromatic ring is 1. The van der Waals surface area contributed by atoms with Crippen LogP contribution < -0.4 is 11.1 Å². The fraction of sp³-hybridized carbons (Fsp3) is 0.333. The van der Waals surface area contributed by atoms with Gasteiger partial charge in [0, 0.05) is 12.1 Å². The molecule has 0 radical (unpaired) electrons. The van der Waals surface area contributed by atoms with Crippen LogP contribution in [0, 0.1) is 0 Å². The second kappa shape index (κ2) is 3.53. The number of carbonyl (C=O) groups is 1. The van der Waals surface area contributed by atoms with Gasteiger partial charge in [0.1, 0.15) is 11.5 Å². The van der Waals surface area contributed by atoms with Gasteiger partial charge in [-0.2, -0.15) is 5.10 Å². The molecular weight excluding hydrogens is 180 g/mol. The van der Waals surface area contributed by atoms with Crippen molar-refractivity contribution < 1.29 is 4.79 Å². The van der Waals surface area contributed by atoms with Crippen molar-refractivity contribution in [2.24, 2.45) is 0 Å². The first-order chi connectivity index (χ1) is 6.75. The summed E-state index contributed by atoms with van der Waals surface area (Å²) >= 11 is 0. The van der Waals surface area contributed by atoms with Gasteiger partial charge in [-0.05, 0) is 12.8 Å². The molecule has 1 heterocycles. The molecule has 5 nitrogen and oxygen atoms in total. The van der Waals surface area contributed by atoms with Gasteiger partial charge in [0.05, 0.1) is 0 Å². The minimum absolute atomic E-state index is 0.150. The first-order valence-corrected chi connectivity index (χ1v) is 4.52. The summed E-state index contributed by atoms with van der Waals surface area (Å²) in [6.45, 7) is 0. The van der Waals surface area contributed by atoms with Gasteiger partial charge >= 0.3 is 0 Å². The zero-order valence-corrected chi connectivity index (χ0v) is 7.66. The van der Waals surface area contributed by atoms with Crippen LogP contribution in [-0.2, 0) is 0 Å². The summed E-state index contributed by atoms with van der Waals surface area (Å²) in [5, 5.41) is 9.14. The van der Waals surface area contributed by atoms with E-state index in [1.807, 2.05) is 0 Å². The summed E-state index contributed by atoms with van der Waals surface area (Å²) in [6, 6.07) is 1.74. The molecule has 0 saturated heterocycles. The van der Waals surface area contributed by atoms with E-state index >= 15 is 0 Å². The third-order valence-corrected chi connectivity index (χ3v) is 2.19. The molecule has 1 aliphatic rings. The summed E-state index contributed by atoms with van der Waals surface area (Å²) in [7, 11) is 0. The van der Waals surface area contributed by atoms with Crippen molar-refractivity contribution >= 4 is 11.7 Å². The van der Waals surface area contributed by atoms with Crippen LogP contribution in [0.15, 0.2) is 18.2 Å². The Hall–Kier alpha value is -1.78. The molecule has 1 amide bonds. The maximum absolute atomic E-state index is 11.5. The van der Waals surface area contributed by atoms with E-state index in [9.17, 15) is 4.79 Å². The highest BCUT2D eigenvalue weighted by Crippen LogP contribution is 2.10. The number of anilines is 1. The molecule has 0 saturated carbocycles. The van der Waals surface area contributed by atoms with Crippen molar-refractivity contribution in [1.29, 1.82) is 0 Å². The Morgan fingerprint density at radius 2 is 2.29 bits per heavy atom. The maximum Gasteiger partial charge on any atom is 0.269 e. The highest BCUT2D eigenvalue weighted by molar-refractivity contribution is 5.93. The molecule has 1 aliphatic carbocycles. The van der Waals surface area contributed by atoms with Crippen LogP contribution in [0.1, 0.15) is 23.3 Å². The van der Waals surface area contributed by atoms with Crippen LogP contribution in [0.3, 0.4) is 0 Å². The molecule has 0 unspecified atom stereocenters. The van der Waals surface area contributed by atoms with Gasteiger partial charge in [-0.25, -0.2) is 0 Å². The zero-order valence-electron chi connectivity index (χ0n) is 7.66. The molecule has 2 rings (SSSR count). The monoisotopic (exact) mass is 192 g/mol. The fourth-order valence-corrected chi connectivity index (χ4v) is 1.45. The second-order valence-corrected chi connectivity index (χ2v) is 3.32. The van der Waals surface area contributed by atoms with Crippen LogP contribution in [0.4, 0.5) is 5.82 Å². The van der Waals surface area contributed by atoms with Crippen LogP contribution in [-0.4, -0.2) is 22.1 Å². The molecule has 1 aromatic rings. The number of nitrogens with one attached hydrogen (secondary N) is 2. The predicted octanol–water partition coefficient (Wildman–Crippen LogP) is 0.440. The van der Waals surface area contributed by atoms with Gasteiger partial charge in [-0.15, -0.1) is 0 Å². The van der Waals surface area contributed by atoms with E-state index in [0.717, 1.165) is 12.8 Å². The number of hydrogen-bond donors (Lipinski definition) is 3. The Kier molecular flexibility index (Phi) is 2.22. The van der Waals surface area contributed by atoms with Crippen molar-refractivity contribution in [1.82, 2.24) is 15.5 Å². The number of rotatable bonds is 2. The number of aromatic amines is 1. The molecule has 1 aromatic heterocycles. The first kappa shape index (κ1) is 8.80. The number of H-pyrrole nitrogens is 1. The van der Waals surface area contributed by atoms with E-state index in [4.69, 9.17) is 5.73 Å². The minimum atomic E-state index is -0.150. The summed E-state index contributed by atoms with van der Waals surface area (Å²) in [4.78, 5) is 11.5. The third kappa shape index (κ3) is 1.76. The van der Waals surface area contributed by atoms with Gasteiger partial charge in [-0.3, -0.25) is 9.89 Å². The van der Waals surface area contributed by atoms with E-state index in [-0.39, 0.29) is 11.9 Å². The van der Waals surface area contributed by atoms with Crippen molar-refractivity contribution in [3.05, 3.63) is 23.9 Å². The Bertz CT molecular complexity index is 361. The second-order valence-electron chi connectivity index (χ2n) is 3.32. The first-order valence-electron chi connectivity index (χ1n) is 4.52. The Labute approximate surface area is 81.4 Å². The summed E-state index contributed by atoms with van der Waals surface area (Å²) < 4.78 is 0. The van der Waals surface area contributed by atoms with Crippen LogP contribution in [0.25, 0.3) is 0 Å². The fourth-order valence-electron chi connectivity index (χ4n) is 1.45. The van der Waals surface area contributed by atoms with E-state index < -0.39 is 0 Å². The standard InChI is InChI=1S/C9H12N4O/c10-8-5-7(12-13-8)9(14)11-6-3-1-2-4-6/h1-2,5-6H,3-4H2,(H,11,14)(H3,10,12,13). The Morgan fingerprint density at radius 3 is 2.86 bits per heavy atom. The lowest BCUT2D eigenvalue weighted by atomic mass is 10.2. The molecule has 14 heavy (non-hydrogen) atoms. The quantitative estimate of drug-likeness (QED) is 0.594. The SMILES string of the molecule is Nc1cc(C(=O)NC2CC=CC2)[nH]n1. The molecule has 0 fully saturated rings. The van der Waals surface area contributed by atoms with E-state index in [2.05, 4.69) is 27.7 Å². The van der Waals surface area contributed by atoms with Gasteiger partial charge < -0.3 is 11.1 Å². The number of aromatic nitrogens is 2. The van der Waals surface area contributed by atoms with E-state index in [1.165, 1.54) is 6.07 Å². The van der Waals surface area contributed by atoms with Crippen LogP contribution in [0.2, 0.25) is 0 Å². The van der Waals surface area contributed by atoms with E-state index in [1.54, 1.807) is 0 Å². The summed E-state index contributed by atoms with van der Waals surface area (Å²) in [5.74, 6) is 0.183. The molecule has 0 spiro atoms. The van der Waals surface area contributed by atoms with Gasteiger partial charge in [-0.1, -0.05) is 12.2 Å². The number of hydrogen-bond acceptors (Lipinski definition) is 3. The molecular formula is C9H12N4O. The number of nitrogens with two attached hydrogens (primary N) is 1. The van der Waals surface area contributed by atoms with Crippen molar-refractivity contribution in [2.75, 3.05) is 5.73 Å². The van der Waals surface area contributed by atoms with Crippen LogP contribution >= 0.6 is 0 Å². The average Bonchev–Trinajstić information content (AvgIpc) is 2.75. The molecule has 5 heteroatoms. The lowest BCUT2D eigenvalue weighted by Gasteiger charge is -2.10. The molecule has 0 bridgehead atoms. The van der Waals surface area contributed by atoms with Gasteiger partial charge in [0.15, 0.2) is 0 Å². The number of nitrogens with zero attached hydrogens (tertiary/aromatic N) is 1. The molecule has 0 aromatic carbocycles. The van der Waals surface area contributed by atoms with Crippen molar-refractivity contribution in [2.45, 2.75) is 18.9 Å². The summed E-state index contributed by atoms with van der Waals surface area (Å²) in [6.07, 6.45) is 5.92. The molecule has 74 valence electrons. The topological polar surface area (TPSA) is 83.8 Å². The molecule has 0 aliphatic heterocycles. The highest BCUT2D eigenvalue weighted by Gasteiger charge is 2.15. The highest BCUT2D eigenvalue weighted by atomic mass is 16.2. The molecule has 0 atom stereocenters. The van der Waals surface area contributed by atoms with E-state index in [0.29, 0.717) is 11.5 Å². The lowest BCUT2D eigenvalue weighted by molar-refractivity contribution is 0.0934. The Balaban J connectivity index is 1.95. The smallest absolute Gasteiger partial charge is 0.269 e. The van der Waals surface area contributed by atoms with Gasteiger partial charge in [0.2, 0.25) is 0 Å². The Morgan fingerprint density at radius 1 is 1.57 bits per heavy atom. The predicted molar refractivity (Wildman–Crippen MR) is 52.6 cm³/mol. The number of amides is 1. The zero-order chi connectivity index (χ0) is 9.97. The third-order valence-electron chi connectivity index (χ3n) is 2.19. The summed E-state index contributed by atoms with van der Waals surface area (Å²) in [5.41, 5.74) is 5.80. The minimum Gasteiger partial charge on any atom is -0.382 e. The maximum atomic E-state index is 11.5. The average molecular weight is 192 g/mol. The molecule has 4 N–H and O–H groups in total.